The van der Waals surface area contributed by atoms with E-state index in [-0.39, 0.29) is 29.6 Å². The van der Waals surface area contributed by atoms with E-state index < -0.39 is 0 Å². The Kier molecular flexibility index (Phi) is 16.5. The molecule has 4 rings (SSSR count). The van der Waals surface area contributed by atoms with Crippen molar-refractivity contribution in [2.75, 3.05) is 13.4 Å². The molecule has 2 aliphatic carbocycles. The van der Waals surface area contributed by atoms with Gasteiger partial charge in [0.2, 0.25) is 0 Å². The number of benzene rings is 2. The summed E-state index contributed by atoms with van der Waals surface area (Å²) in [7, 11) is 1.82. The van der Waals surface area contributed by atoms with E-state index in [4.69, 9.17) is 20.4 Å². The molecule has 0 radical (unpaired) electrons. The summed E-state index contributed by atoms with van der Waals surface area (Å²) in [6.07, 6.45) is 11.3. The molecule has 0 aliphatic heterocycles. The number of nitrogens with two attached hydrogens (primary N) is 1. The van der Waals surface area contributed by atoms with E-state index >= 15 is 0 Å². The van der Waals surface area contributed by atoms with Crippen molar-refractivity contribution in [1.82, 2.24) is 0 Å². The van der Waals surface area contributed by atoms with Gasteiger partial charge < -0.3 is 33.0 Å². The normalized spacial score (nSPS) is 20.1. The molecule has 34 heavy (non-hydrogen) atoms. The van der Waals surface area contributed by atoms with Gasteiger partial charge in [-0.15, -0.1) is 0 Å². The molecule has 0 bridgehead atoms. The largest absolute Gasteiger partial charge is 1.00 e. The molecule has 0 spiro atoms. The fourth-order valence-electron chi connectivity index (χ4n) is 4.60. The summed E-state index contributed by atoms with van der Waals surface area (Å²) in [5, 5.41) is 11.2. The third-order valence-electron chi connectivity index (χ3n) is 6.49. The molecule has 0 amide bonds. The van der Waals surface area contributed by atoms with Gasteiger partial charge in [-0.3, -0.25) is 0 Å². The number of methoxy groups -OCH3 is 1. The fourth-order valence-corrected chi connectivity index (χ4v) is 4.60. The minimum atomic E-state index is 0. The van der Waals surface area contributed by atoms with Crippen LogP contribution in [0.3, 0.4) is 0 Å². The molecule has 2 fully saturated rings. The second-order valence-corrected chi connectivity index (χ2v) is 8.53. The molecule has 2 aliphatic rings. The zero-order chi connectivity index (χ0) is 23.9. The van der Waals surface area contributed by atoms with Gasteiger partial charge in [0.25, 0.3) is 0 Å². The van der Waals surface area contributed by atoms with Gasteiger partial charge in [-0.1, -0.05) is 66.5 Å². The van der Waals surface area contributed by atoms with Gasteiger partial charge in [0.05, 0.1) is 6.10 Å². The molecular weight excluding hydrogens is 455 g/mol. The molecular formula is C27H39N2NaO3S. The Balaban J connectivity index is 0.000000407. The third-order valence-corrected chi connectivity index (χ3v) is 6.49. The second kappa shape index (κ2) is 18.1. The standard InChI is InChI=1S/C20H24O2.C6H12N2O.CH4S.Na/c1-21-18-13-11-17(12-14-18)19-9-5-6-10-20(19)22-15-16-7-3-2-4-8-16;7-6(8-9)5-3-1-2-4-5;1-2;/h2-10,17-18H,11-15H2,1H3;5,9H,1-4H2,(H2,7,8);2H,1H3;/q;;;+1/p-1. The monoisotopic (exact) mass is 494 g/mol. The topological polar surface area (TPSA) is 77.1 Å². The van der Waals surface area contributed by atoms with Crippen LogP contribution in [0.1, 0.15) is 68.4 Å². The average Bonchev–Trinajstić information content (AvgIpc) is 3.45. The Morgan fingerprint density at radius 3 is 2.12 bits per heavy atom. The maximum absolute atomic E-state index is 8.26. The van der Waals surface area contributed by atoms with E-state index in [0.717, 1.165) is 31.4 Å². The maximum atomic E-state index is 8.26. The first-order valence-corrected chi connectivity index (χ1v) is 12.7. The molecule has 0 heterocycles. The van der Waals surface area contributed by atoms with Crippen LogP contribution in [0.15, 0.2) is 59.8 Å². The van der Waals surface area contributed by atoms with Crippen LogP contribution in [-0.4, -0.2) is 30.5 Å². The molecule has 2 aromatic rings. The van der Waals surface area contributed by atoms with Crippen molar-refractivity contribution in [1.29, 1.82) is 0 Å². The third kappa shape index (κ3) is 10.2. The van der Waals surface area contributed by atoms with Crippen molar-refractivity contribution >= 4 is 18.5 Å². The van der Waals surface area contributed by atoms with Crippen LogP contribution in [0.25, 0.3) is 0 Å². The first kappa shape index (κ1) is 30.9. The number of hydrogen-bond donors (Lipinski definition) is 2. The number of oxime groups is 1. The van der Waals surface area contributed by atoms with Crippen LogP contribution >= 0.6 is 0 Å². The molecule has 2 aromatic carbocycles. The van der Waals surface area contributed by atoms with Crippen LogP contribution in [-0.2, 0) is 24.0 Å². The van der Waals surface area contributed by atoms with Gasteiger partial charge in [-0.05, 0) is 61.6 Å². The number of nitrogens with zero attached hydrogens (tertiary/aromatic N) is 1. The first-order chi connectivity index (χ1) is 16.2. The summed E-state index contributed by atoms with van der Waals surface area (Å²) < 4.78 is 11.6. The summed E-state index contributed by atoms with van der Waals surface area (Å²) in [5.74, 6) is 2.40. The molecule has 0 unspecified atom stereocenters. The quantitative estimate of drug-likeness (QED) is 0.161. The number of rotatable bonds is 6. The van der Waals surface area contributed by atoms with E-state index in [2.05, 4.69) is 66.3 Å². The van der Waals surface area contributed by atoms with Crippen LogP contribution < -0.4 is 40.0 Å². The number of amidine groups is 1. The first-order valence-electron chi connectivity index (χ1n) is 11.9. The summed E-state index contributed by atoms with van der Waals surface area (Å²) in [6.45, 7) is 0.630. The van der Waals surface area contributed by atoms with Crippen molar-refractivity contribution < 1.29 is 44.2 Å². The number of ether oxygens (including phenoxy) is 2. The van der Waals surface area contributed by atoms with E-state index in [1.54, 1.807) is 6.26 Å². The van der Waals surface area contributed by atoms with Gasteiger partial charge in [0.1, 0.15) is 18.2 Å². The Hall–Kier alpha value is -1.18. The minimum absolute atomic E-state index is 0. The molecule has 2 saturated carbocycles. The molecule has 0 saturated heterocycles. The van der Waals surface area contributed by atoms with Gasteiger partial charge in [-0.25, -0.2) is 0 Å². The van der Waals surface area contributed by atoms with E-state index in [9.17, 15) is 0 Å². The van der Waals surface area contributed by atoms with Crippen molar-refractivity contribution in [2.45, 2.75) is 70.0 Å². The maximum Gasteiger partial charge on any atom is 1.00 e. The van der Waals surface area contributed by atoms with Crippen LogP contribution in [0.4, 0.5) is 0 Å². The smallest absolute Gasteiger partial charge is 0.796 e. The van der Waals surface area contributed by atoms with Crippen molar-refractivity contribution in [3.05, 3.63) is 65.7 Å². The molecule has 182 valence electrons. The zero-order valence-electron chi connectivity index (χ0n) is 21.0. The minimum Gasteiger partial charge on any atom is -0.796 e. The van der Waals surface area contributed by atoms with Crippen molar-refractivity contribution in [3.8, 4) is 5.75 Å². The molecule has 0 atom stereocenters. The summed E-state index contributed by atoms with van der Waals surface area (Å²) >= 11 is 4.08. The van der Waals surface area contributed by atoms with E-state index in [0.29, 0.717) is 30.4 Å². The van der Waals surface area contributed by atoms with Crippen LogP contribution in [0.5, 0.6) is 5.75 Å². The SMILES string of the molecule is COC1CCC(c2ccccc2OCc2ccccc2)CC1.C[S-].N/C(=N\O)C1CCCC1.[Na+]. The fraction of sp³-hybridized carbons (Fsp3) is 0.519. The van der Waals surface area contributed by atoms with Gasteiger partial charge in [-0.2, -0.15) is 6.26 Å². The van der Waals surface area contributed by atoms with Crippen molar-refractivity contribution in [2.24, 2.45) is 16.8 Å². The average molecular weight is 495 g/mol. The van der Waals surface area contributed by atoms with Crippen molar-refractivity contribution in [3.63, 3.8) is 0 Å². The molecule has 5 nitrogen and oxygen atoms in total. The van der Waals surface area contributed by atoms with Crippen LogP contribution in [0, 0.1) is 5.92 Å². The summed E-state index contributed by atoms with van der Waals surface area (Å²) in [4.78, 5) is 0. The van der Waals surface area contributed by atoms with Crippen LogP contribution in [0.2, 0.25) is 0 Å². The predicted molar refractivity (Wildman–Crippen MR) is 138 cm³/mol. The number of para-hydroxylation sites is 1. The van der Waals surface area contributed by atoms with Gasteiger partial charge in [0.15, 0.2) is 0 Å². The molecule has 7 heteroatoms. The van der Waals surface area contributed by atoms with Gasteiger partial charge >= 0.3 is 29.6 Å². The summed E-state index contributed by atoms with van der Waals surface area (Å²) in [5.41, 5.74) is 7.94. The summed E-state index contributed by atoms with van der Waals surface area (Å²) in [6, 6.07) is 18.8. The van der Waals surface area contributed by atoms with Gasteiger partial charge in [0, 0.05) is 13.0 Å². The Labute approximate surface area is 233 Å². The number of hydrogen-bond acceptors (Lipinski definition) is 5. The Morgan fingerprint density at radius 1 is 0.941 bits per heavy atom. The molecule has 0 aromatic heterocycles. The zero-order valence-corrected chi connectivity index (χ0v) is 23.8. The Morgan fingerprint density at radius 2 is 1.53 bits per heavy atom. The van der Waals surface area contributed by atoms with E-state index in [1.807, 2.05) is 13.2 Å². The Bertz CT molecular complexity index is 809. The molecule has 3 N–H and O–H groups in total. The second-order valence-electron chi connectivity index (χ2n) is 8.53. The predicted octanol–water partition coefficient (Wildman–Crippen LogP) is 3.03. The van der Waals surface area contributed by atoms with E-state index in [1.165, 1.54) is 36.8 Å².